The Morgan fingerprint density at radius 3 is 2.65 bits per heavy atom. The van der Waals surface area contributed by atoms with E-state index >= 15 is 0 Å². The molecule has 0 spiro atoms. The van der Waals surface area contributed by atoms with E-state index in [1.165, 1.54) is 0 Å². The van der Waals surface area contributed by atoms with Gasteiger partial charge in [0.25, 0.3) is 5.91 Å². The van der Waals surface area contributed by atoms with Gasteiger partial charge in [0.05, 0.1) is 27.4 Å². The molecule has 10 heteroatoms. The van der Waals surface area contributed by atoms with Crippen LogP contribution in [0.3, 0.4) is 0 Å². The van der Waals surface area contributed by atoms with Crippen LogP contribution >= 0.6 is 38.5 Å². The molecular weight excluding hydrogens is 573 g/mol. The highest BCUT2D eigenvalue weighted by molar-refractivity contribution is 14.1. The summed E-state index contributed by atoms with van der Waals surface area (Å²) in [5, 5.41) is 9.06. The van der Waals surface area contributed by atoms with Gasteiger partial charge in [0, 0.05) is 23.3 Å². The molecule has 0 unspecified atom stereocenters. The minimum absolute atomic E-state index is 0.168. The summed E-state index contributed by atoms with van der Waals surface area (Å²) in [5.41, 5.74) is 7.83. The van der Waals surface area contributed by atoms with E-state index < -0.39 is 0 Å². The normalized spacial score (nSPS) is 12.0. The molecule has 156 valence electrons. The third-order valence-corrected chi connectivity index (χ3v) is 6.04. The second kappa shape index (κ2) is 9.18. The largest absolute Gasteiger partial charge is 0.383 e. The number of anilines is 1. The third-order valence-electron chi connectivity index (χ3n) is 4.75. The fraction of sp³-hybridized carbons (Fsp3) is 0.143. The maximum Gasteiger partial charge on any atom is 0.254 e. The lowest BCUT2D eigenvalue weighted by molar-refractivity contribution is 0.0663. The quantitative estimate of drug-likeness (QED) is 0.348. The van der Waals surface area contributed by atoms with Gasteiger partial charge in [-0.05, 0) is 87.9 Å². The maximum atomic E-state index is 13.6. The van der Waals surface area contributed by atoms with E-state index in [9.17, 15) is 4.79 Å². The standard InChI is InChI=1S/C21H17BrIN7O/c1-12(20-25-7-2-8-26-20)30(11-15-4-6-18(22)29-28-15)21(31)13-3-5-17-14(9-13)10-16(23)19(24)27-17/h2-10,12H,11H2,1H3,(H2,24,27)/t12-/m1/s1. The van der Waals surface area contributed by atoms with Gasteiger partial charge in [0.2, 0.25) is 0 Å². The van der Waals surface area contributed by atoms with Gasteiger partial charge < -0.3 is 10.6 Å². The molecule has 0 radical (unpaired) electrons. The predicted octanol–water partition coefficient (Wildman–Crippen LogP) is 4.17. The fourth-order valence-corrected chi connectivity index (χ4v) is 3.78. The molecule has 0 aliphatic heterocycles. The van der Waals surface area contributed by atoms with Gasteiger partial charge >= 0.3 is 0 Å². The minimum Gasteiger partial charge on any atom is -0.383 e. The van der Waals surface area contributed by atoms with Crippen LogP contribution in [0.4, 0.5) is 5.82 Å². The zero-order valence-electron chi connectivity index (χ0n) is 16.4. The number of hydrogen-bond acceptors (Lipinski definition) is 7. The van der Waals surface area contributed by atoms with E-state index in [2.05, 4.69) is 63.7 Å². The number of pyridine rings is 1. The number of benzene rings is 1. The number of carbonyl (C=O) groups excluding carboxylic acids is 1. The van der Waals surface area contributed by atoms with Crippen molar-refractivity contribution in [1.82, 2.24) is 30.0 Å². The van der Waals surface area contributed by atoms with Gasteiger partial charge in [-0.2, -0.15) is 5.10 Å². The van der Waals surface area contributed by atoms with Crippen molar-refractivity contribution >= 4 is 61.1 Å². The van der Waals surface area contributed by atoms with Crippen molar-refractivity contribution in [1.29, 1.82) is 0 Å². The Bertz CT molecular complexity index is 1240. The summed E-state index contributed by atoms with van der Waals surface area (Å²) in [6.45, 7) is 2.15. The van der Waals surface area contributed by atoms with Crippen LogP contribution in [0.5, 0.6) is 0 Å². The van der Waals surface area contributed by atoms with Crippen LogP contribution in [0, 0.1) is 3.57 Å². The van der Waals surface area contributed by atoms with E-state index in [1.807, 2.05) is 25.1 Å². The van der Waals surface area contributed by atoms with Crippen molar-refractivity contribution in [3.63, 3.8) is 0 Å². The smallest absolute Gasteiger partial charge is 0.254 e. The zero-order chi connectivity index (χ0) is 22.0. The molecule has 1 amide bonds. The van der Waals surface area contributed by atoms with E-state index in [4.69, 9.17) is 5.73 Å². The van der Waals surface area contributed by atoms with E-state index in [-0.39, 0.29) is 18.5 Å². The first-order valence-corrected chi connectivity index (χ1v) is 11.2. The molecule has 3 heterocycles. The Labute approximate surface area is 200 Å². The first kappa shape index (κ1) is 21.5. The van der Waals surface area contributed by atoms with Crippen LogP contribution in [-0.2, 0) is 6.54 Å². The van der Waals surface area contributed by atoms with Crippen molar-refractivity contribution in [2.45, 2.75) is 19.5 Å². The molecule has 0 fully saturated rings. The molecule has 0 saturated carbocycles. The number of nitrogens with two attached hydrogens (primary N) is 1. The Kier molecular flexibility index (Phi) is 6.37. The van der Waals surface area contributed by atoms with Crippen molar-refractivity contribution < 1.29 is 4.79 Å². The van der Waals surface area contributed by atoms with Crippen LogP contribution in [0.2, 0.25) is 0 Å². The summed E-state index contributed by atoms with van der Waals surface area (Å²) in [6.07, 6.45) is 3.32. The van der Waals surface area contributed by atoms with Gasteiger partial charge in [-0.15, -0.1) is 5.10 Å². The number of rotatable bonds is 5. The molecule has 31 heavy (non-hydrogen) atoms. The van der Waals surface area contributed by atoms with Crippen molar-refractivity contribution in [3.05, 3.63) is 80.1 Å². The molecule has 4 aromatic rings. The highest BCUT2D eigenvalue weighted by atomic mass is 127. The predicted molar refractivity (Wildman–Crippen MR) is 129 cm³/mol. The van der Waals surface area contributed by atoms with Gasteiger partial charge in [-0.1, -0.05) is 0 Å². The van der Waals surface area contributed by atoms with Crippen LogP contribution in [0.15, 0.2) is 59.5 Å². The van der Waals surface area contributed by atoms with Crippen LogP contribution in [0.1, 0.15) is 34.8 Å². The fourth-order valence-electron chi connectivity index (χ4n) is 3.12. The van der Waals surface area contributed by atoms with Crippen molar-refractivity contribution in [3.8, 4) is 0 Å². The molecule has 4 rings (SSSR count). The summed E-state index contributed by atoms with van der Waals surface area (Å²) >= 11 is 5.42. The number of nitrogens with zero attached hydrogens (tertiary/aromatic N) is 6. The first-order chi connectivity index (χ1) is 14.9. The molecular formula is C21H17BrIN7O. The SMILES string of the molecule is C[C@H](c1ncccn1)N(Cc1ccc(Br)nn1)C(=O)c1ccc2nc(N)c(I)cc2c1. The molecule has 0 bridgehead atoms. The highest BCUT2D eigenvalue weighted by Gasteiger charge is 2.26. The Balaban J connectivity index is 1.72. The highest BCUT2D eigenvalue weighted by Crippen LogP contribution is 2.25. The Morgan fingerprint density at radius 1 is 1.16 bits per heavy atom. The number of aromatic nitrogens is 5. The van der Waals surface area contributed by atoms with Crippen molar-refractivity contribution in [2.24, 2.45) is 0 Å². The lowest BCUT2D eigenvalue weighted by Crippen LogP contribution is -2.34. The van der Waals surface area contributed by atoms with Crippen molar-refractivity contribution in [2.75, 3.05) is 5.73 Å². The monoisotopic (exact) mass is 589 g/mol. The molecule has 0 aliphatic carbocycles. The summed E-state index contributed by atoms with van der Waals surface area (Å²) in [4.78, 5) is 28.3. The number of fused-ring (bicyclic) bond motifs is 1. The average molecular weight is 590 g/mol. The number of amides is 1. The summed E-state index contributed by atoms with van der Waals surface area (Å²) in [6, 6.07) is 12.3. The average Bonchev–Trinajstić information content (AvgIpc) is 2.79. The number of halogens is 2. The van der Waals surface area contributed by atoms with Crippen LogP contribution in [-0.4, -0.2) is 36.0 Å². The van der Waals surface area contributed by atoms with Gasteiger partial charge in [-0.3, -0.25) is 4.79 Å². The Hall–Kier alpha value is -2.73. The number of carbonyl (C=O) groups is 1. The van der Waals surface area contributed by atoms with Crippen LogP contribution in [0.25, 0.3) is 10.9 Å². The van der Waals surface area contributed by atoms with E-state index in [0.29, 0.717) is 27.5 Å². The summed E-state index contributed by atoms with van der Waals surface area (Å²) in [5.74, 6) is 0.849. The second-order valence-electron chi connectivity index (χ2n) is 6.83. The molecule has 3 aromatic heterocycles. The molecule has 1 atom stereocenters. The number of hydrogen-bond donors (Lipinski definition) is 1. The number of nitrogen functional groups attached to an aromatic ring is 1. The van der Waals surface area contributed by atoms with Gasteiger partial charge in [0.1, 0.15) is 16.2 Å². The van der Waals surface area contributed by atoms with Gasteiger partial charge in [0.15, 0.2) is 0 Å². The maximum absolute atomic E-state index is 13.6. The summed E-state index contributed by atoms with van der Waals surface area (Å²) in [7, 11) is 0. The van der Waals surface area contributed by atoms with Crippen LogP contribution < -0.4 is 5.73 Å². The summed E-state index contributed by atoms with van der Waals surface area (Å²) < 4.78 is 1.47. The molecule has 0 saturated heterocycles. The molecule has 0 aliphatic rings. The topological polar surface area (TPSA) is 111 Å². The lowest BCUT2D eigenvalue weighted by Gasteiger charge is -2.28. The molecule has 8 nitrogen and oxygen atoms in total. The molecule has 1 aromatic carbocycles. The zero-order valence-corrected chi connectivity index (χ0v) is 20.1. The second-order valence-corrected chi connectivity index (χ2v) is 8.80. The molecule has 2 N–H and O–H groups in total. The first-order valence-electron chi connectivity index (χ1n) is 9.34. The third kappa shape index (κ3) is 4.79. The lowest BCUT2D eigenvalue weighted by atomic mass is 10.1. The minimum atomic E-state index is -0.375. The van der Waals surface area contributed by atoms with Gasteiger partial charge in [-0.25, -0.2) is 15.0 Å². The Morgan fingerprint density at radius 2 is 1.94 bits per heavy atom. The van der Waals surface area contributed by atoms with E-state index in [0.717, 1.165) is 14.5 Å². The van der Waals surface area contributed by atoms with E-state index in [1.54, 1.807) is 41.6 Å².